The summed E-state index contributed by atoms with van der Waals surface area (Å²) in [6.45, 7) is 2.77. The lowest BCUT2D eigenvalue weighted by Crippen LogP contribution is -2.56. The highest BCUT2D eigenvalue weighted by Crippen LogP contribution is 2.44. The Labute approximate surface area is 124 Å². The van der Waals surface area contributed by atoms with E-state index in [-0.39, 0.29) is 20.7 Å². The predicted molar refractivity (Wildman–Crippen MR) is 70.4 cm³/mol. The number of aryl methyl sites for hydroxylation is 1. The Bertz CT molecular complexity index is 712. The molecule has 0 aliphatic carbocycles. The Balaban J connectivity index is 2.60. The van der Waals surface area contributed by atoms with Crippen molar-refractivity contribution in [2.24, 2.45) is 12.1 Å². The van der Waals surface area contributed by atoms with Gasteiger partial charge in [-0.2, -0.15) is 27.4 Å². The SMILES string of the molecule is CC1=NN(S(=O)(=O)c2cnn(C)c2C)[C@@](O)(C(F)(F)Cl)C1. The van der Waals surface area contributed by atoms with Crippen LogP contribution in [0.2, 0.25) is 0 Å². The molecule has 0 saturated heterocycles. The number of rotatable bonds is 3. The fraction of sp³-hybridized carbons (Fsp3) is 0.600. The van der Waals surface area contributed by atoms with E-state index in [2.05, 4.69) is 10.2 Å². The normalized spacial score (nSPS) is 23.6. The van der Waals surface area contributed by atoms with Crippen molar-refractivity contribution >= 4 is 27.3 Å². The van der Waals surface area contributed by atoms with Gasteiger partial charge in [-0.05, 0) is 25.4 Å². The molecule has 1 aromatic heterocycles. The van der Waals surface area contributed by atoms with Gasteiger partial charge in [0.2, 0.25) is 0 Å². The highest BCUT2D eigenvalue weighted by Gasteiger charge is 2.62. The predicted octanol–water partition coefficient (Wildman–Crippen LogP) is 1.02. The molecular formula is C10H13ClF2N4O3S. The number of hydrogen-bond acceptors (Lipinski definition) is 5. The summed E-state index contributed by atoms with van der Waals surface area (Å²) in [4.78, 5) is -0.331. The zero-order valence-corrected chi connectivity index (χ0v) is 13.0. The zero-order chi connectivity index (χ0) is 16.2. The molecule has 1 N–H and O–H groups in total. The van der Waals surface area contributed by atoms with E-state index in [1.165, 1.54) is 25.6 Å². The van der Waals surface area contributed by atoms with Crippen molar-refractivity contribution in [2.45, 2.75) is 36.3 Å². The number of hydrogen-bond donors (Lipinski definition) is 1. The van der Waals surface area contributed by atoms with Crippen LogP contribution in [0.25, 0.3) is 0 Å². The molecule has 0 bridgehead atoms. The van der Waals surface area contributed by atoms with Gasteiger partial charge in [-0.15, -0.1) is 4.41 Å². The van der Waals surface area contributed by atoms with Crippen molar-refractivity contribution in [3.05, 3.63) is 11.9 Å². The fourth-order valence-electron chi connectivity index (χ4n) is 1.98. The van der Waals surface area contributed by atoms with Crippen molar-refractivity contribution in [2.75, 3.05) is 0 Å². The monoisotopic (exact) mass is 342 g/mol. The van der Waals surface area contributed by atoms with Crippen LogP contribution < -0.4 is 0 Å². The first kappa shape index (κ1) is 16.1. The molecule has 7 nitrogen and oxygen atoms in total. The number of halogens is 3. The van der Waals surface area contributed by atoms with E-state index in [1.807, 2.05) is 0 Å². The van der Waals surface area contributed by atoms with Gasteiger partial charge in [-0.3, -0.25) is 4.68 Å². The Morgan fingerprint density at radius 1 is 1.48 bits per heavy atom. The smallest absolute Gasteiger partial charge is 0.363 e. The lowest BCUT2D eigenvalue weighted by Gasteiger charge is -2.34. The van der Waals surface area contributed by atoms with Crippen molar-refractivity contribution in [1.82, 2.24) is 14.2 Å². The first-order valence-electron chi connectivity index (χ1n) is 5.78. The molecule has 0 aromatic carbocycles. The summed E-state index contributed by atoms with van der Waals surface area (Å²) in [5, 5.41) is 13.1. The first-order valence-corrected chi connectivity index (χ1v) is 7.60. The summed E-state index contributed by atoms with van der Waals surface area (Å²) >= 11 is 4.90. The molecule has 2 rings (SSSR count). The number of aliphatic hydroxyl groups is 1. The molecule has 0 unspecified atom stereocenters. The van der Waals surface area contributed by atoms with E-state index in [0.29, 0.717) is 0 Å². The third-order valence-electron chi connectivity index (χ3n) is 3.23. The Kier molecular flexibility index (Phi) is 3.54. The van der Waals surface area contributed by atoms with Crippen LogP contribution in [0.15, 0.2) is 16.2 Å². The van der Waals surface area contributed by atoms with Gasteiger partial charge >= 0.3 is 5.38 Å². The van der Waals surface area contributed by atoms with Crippen LogP contribution >= 0.6 is 11.6 Å². The second-order valence-electron chi connectivity index (χ2n) is 4.79. The number of nitrogens with zero attached hydrogens (tertiary/aromatic N) is 4. The lowest BCUT2D eigenvalue weighted by molar-refractivity contribution is -0.175. The van der Waals surface area contributed by atoms with E-state index >= 15 is 0 Å². The highest BCUT2D eigenvalue weighted by molar-refractivity contribution is 7.89. The second-order valence-corrected chi connectivity index (χ2v) is 7.00. The summed E-state index contributed by atoms with van der Waals surface area (Å²) in [7, 11) is -3.03. The molecule has 0 radical (unpaired) electrons. The number of aromatic nitrogens is 2. The average molecular weight is 343 g/mol. The molecule has 0 saturated carbocycles. The molecule has 1 aliphatic rings. The van der Waals surface area contributed by atoms with Crippen molar-refractivity contribution < 1.29 is 22.3 Å². The Hall–Kier alpha value is -1.26. The summed E-state index contributed by atoms with van der Waals surface area (Å²) in [6.07, 6.45) is 0.308. The quantitative estimate of drug-likeness (QED) is 0.831. The first-order chi connectivity index (χ1) is 9.41. The van der Waals surface area contributed by atoms with Gasteiger partial charge in [0.1, 0.15) is 4.90 Å². The average Bonchev–Trinajstić information content (AvgIpc) is 2.81. The molecule has 0 fully saturated rings. The molecule has 11 heteroatoms. The topological polar surface area (TPSA) is 87.8 Å². The third kappa shape index (κ3) is 2.30. The van der Waals surface area contributed by atoms with Gasteiger partial charge < -0.3 is 5.11 Å². The molecule has 21 heavy (non-hydrogen) atoms. The zero-order valence-electron chi connectivity index (χ0n) is 11.4. The van der Waals surface area contributed by atoms with Gasteiger partial charge in [0.15, 0.2) is 0 Å². The maximum Gasteiger partial charge on any atom is 0.371 e. The largest absolute Gasteiger partial charge is 0.371 e. The minimum absolute atomic E-state index is 0.0166. The minimum Gasteiger partial charge on any atom is -0.363 e. The lowest BCUT2D eigenvalue weighted by atomic mass is 10.1. The molecule has 2 heterocycles. The van der Waals surface area contributed by atoms with Gasteiger partial charge in [0.05, 0.1) is 11.9 Å². The fourth-order valence-corrected chi connectivity index (χ4v) is 3.88. The molecule has 1 aromatic rings. The van der Waals surface area contributed by atoms with Gasteiger partial charge in [0, 0.05) is 19.2 Å². The summed E-state index contributed by atoms with van der Waals surface area (Å²) in [5.41, 5.74) is -2.92. The van der Waals surface area contributed by atoms with Crippen LogP contribution in [0.4, 0.5) is 8.78 Å². The Morgan fingerprint density at radius 3 is 2.48 bits per heavy atom. The summed E-state index contributed by atoms with van der Waals surface area (Å²) in [5.74, 6) is 0. The number of alkyl halides is 3. The van der Waals surface area contributed by atoms with Crippen LogP contribution in [0.5, 0.6) is 0 Å². The molecular weight excluding hydrogens is 330 g/mol. The van der Waals surface area contributed by atoms with Crippen molar-refractivity contribution in [3.63, 3.8) is 0 Å². The molecule has 0 spiro atoms. The van der Waals surface area contributed by atoms with Crippen LogP contribution in [0.3, 0.4) is 0 Å². The molecule has 118 valence electrons. The maximum atomic E-state index is 13.5. The highest BCUT2D eigenvalue weighted by atomic mass is 35.5. The van der Waals surface area contributed by atoms with E-state index in [0.717, 1.165) is 6.20 Å². The maximum absolute atomic E-state index is 13.5. The summed E-state index contributed by atoms with van der Waals surface area (Å²) < 4.78 is 53.2. The molecule has 1 atom stereocenters. The van der Waals surface area contributed by atoms with Gasteiger partial charge in [-0.25, -0.2) is 0 Å². The second kappa shape index (κ2) is 4.62. The van der Waals surface area contributed by atoms with Crippen molar-refractivity contribution in [1.29, 1.82) is 0 Å². The molecule has 1 aliphatic heterocycles. The van der Waals surface area contributed by atoms with Crippen LogP contribution in [0.1, 0.15) is 19.0 Å². The van der Waals surface area contributed by atoms with E-state index in [9.17, 15) is 22.3 Å². The van der Waals surface area contributed by atoms with Gasteiger partial charge in [0.25, 0.3) is 15.7 Å². The van der Waals surface area contributed by atoms with Crippen LogP contribution in [-0.2, 0) is 17.1 Å². The van der Waals surface area contributed by atoms with Crippen LogP contribution in [0, 0.1) is 6.92 Å². The number of hydrazone groups is 1. The van der Waals surface area contributed by atoms with Gasteiger partial charge in [-0.1, -0.05) is 0 Å². The Morgan fingerprint density at radius 2 is 2.05 bits per heavy atom. The standard InChI is InChI=1S/C10H13ClF2N4O3S/c1-6-4-9(18,10(11,12)13)17(15-6)21(19,20)8-5-14-16(3)7(8)2/h5,18H,4H2,1-3H3/t9-/m0/s1. The van der Waals surface area contributed by atoms with E-state index in [1.54, 1.807) is 0 Å². The van der Waals surface area contributed by atoms with E-state index in [4.69, 9.17) is 11.6 Å². The van der Waals surface area contributed by atoms with Crippen LogP contribution in [-0.4, -0.2) is 44.5 Å². The van der Waals surface area contributed by atoms with Crippen molar-refractivity contribution in [3.8, 4) is 0 Å². The summed E-state index contributed by atoms with van der Waals surface area (Å²) in [6, 6.07) is 0. The van der Waals surface area contributed by atoms with E-state index < -0.39 is 27.6 Å². The number of sulfonamides is 1. The molecule has 0 amide bonds. The minimum atomic E-state index is -4.52. The third-order valence-corrected chi connectivity index (χ3v) is 5.33.